The molecular formula is C16H16N2O6. The number of nitrogens with zero attached hydrogens (tertiary/aromatic N) is 1. The molecule has 0 saturated heterocycles. The molecule has 0 radical (unpaired) electrons. The van der Waals surface area contributed by atoms with Crippen molar-refractivity contribution in [1.82, 2.24) is 5.32 Å². The number of benzene rings is 1. The first-order chi connectivity index (χ1) is 11.6. The Bertz CT molecular complexity index is 752. The van der Waals surface area contributed by atoms with Gasteiger partial charge in [0.1, 0.15) is 0 Å². The van der Waals surface area contributed by atoms with Gasteiger partial charge >= 0.3 is 0 Å². The minimum atomic E-state index is -0.452. The number of hydrogen-bond donors (Lipinski definition) is 2. The van der Waals surface area contributed by atoms with E-state index in [-0.39, 0.29) is 30.2 Å². The topological polar surface area (TPSA) is 104 Å². The molecule has 0 saturated carbocycles. The summed E-state index contributed by atoms with van der Waals surface area (Å²) in [7, 11) is 1.35. The van der Waals surface area contributed by atoms with Crippen molar-refractivity contribution in [2.75, 3.05) is 13.9 Å². The number of carbonyl (C=O) groups excluding carboxylic acids is 1. The van der Waals surface area contributed by atoms with Crippen LogP contribution in [0.1, 0.15) is 21.5 Å². The standard InChI is InChI=1S/C16H16N2O6/c1-22-14-7-18(21)6-11(8-19)15(14)16(20)17-5-10-2-3-12-13(4-10)24-9-23-12/h2-4,6-7,19H,5,8-9H2,1H3,(H,17,20). The molecule has 8 nitrogen and oxygen atoms in total. The van der Waals surface area contributed by atoms with Gasteiger partial charge in [-0.3, -0.25) is 4.79 Å². The third kappa shape index (κ3) is 3.04. The molecule has 3 rings (SSSR count). The van der Waals surface area contributed by atoms with Crippen molar-refractivity contribution in [3.63, 3.8) is 0 Å². The lowest BCUT2D eigenvalue weighted by molar-refractivity contribution is -0.606. The summed E-state index contributed by atoms with van der Waals surface area (Å²) >= 11 is 0. The SMILES string of the molecule is COc1c[n+]([O-])cc(CO)c1C(=O)NCc1ccc2c(c1)OCO2. The van der Waals surface area contributed by atoms with Gasteiger partial charge in [-0.15, -0.1) is 0 Å². The van der Waals surface area contributed by atoms with Crippen molar-refractivity contribution in [3.05, 3.63) is 52.5 Å². The molecule has 0 aliphatic carbocycles. The van der Waals surface area contributed by atoms with Crippen molar-refractivity contribution in [2.24, 2.45) is 0 Å². The fourth-order valence-electron chi connectivity index (χ4n) is 2.45. The summed E-state index contributed by atoms with van der Waals surface area (Å²) in [5.74, 6) is 0.939. The van der Waals surface area contributed by atoms with Gasteiger partial charge in [0.15, 0.2) is 23.4 Å². The second-order valence-corrected chi connectivity index (χ2v) is 5.12. The summed E-state index contributed by atoms with van der Waals surface area (Å²) < 4.78 is 16.1. The highest BCUT2D eigenvalue weighted by molar-refractivity contribution is 5.98. The predicted molar refractivity (Wildman–Crippen MR) is 81.6 cm³/mol. The number of aromatic nitrogens is 1. The number of carbonyl (C=O) groups is 1. The molecule has 0 fully saturated rings. The molecule has 1 aromatic heterocycles. The zero-order chi connectivity index (χ0) is 17.1. The van der Waals surface area contributed by atoms with Crippen molar-refractivity contribution < 1.29 is 28.8 Å². The second kappa shape index (κ2) is 6.63. The molecule has 8 heteroatoms. The number of aliphatic hydroxyl groups excluding tert-OH is 1. The smallest absolute Gasteiger partial charge is 0.256 e. The van der Waals surface area contributed by atoms with E-state index < -0.39 is 12.5 Å². The lowest BCUT2D eigenvalue weighted by Crippen LogP contribution is -2.31. The van der Waals surface area contributed by atoms with Crippen molar-refractivity contribution in [2.45, 2.75) is 13.2 Å². The number of nitrogens with one attached hydrogen (secondary N) is 1. The molecule has 0 atom stereocenters. The third-order valence-corrected chi connectivity index (χ3v) is 3.60. The van der Waals surface area contributed by atoms with Crippen LogP contribution in [0.3, 0.4) is 0 Å². The van der Waals surface area contributed by atoms with Crippen LogP contribution in [0.2, 0.25) is 0 Å². The summed E-state index contributed by atoms with van der Waals surface area (Å²) in [6, 6.07) is 5.37. The molecule has 0 bridgehead atoms. The summed E-state index contributed by atoms with van der Waals surface area (Å²) in [6.45, 7) is -0.0244. The highest BCUT2D eigenvalue weighted by atomic mass is 16.7. The number of aliphatic hydroxyl groups is 1. The maximum absolute atomic E-state index is 12.5. The summed E-state index contributed by atoms with van der Waals surface area (Å²) in [5.41, 5.74) is 1.15. The largest absolute Gasteiger partial charge is 0.619 e. The molecule has 2 N–H and O–H groups in total. The molecule has 2 heterocycles. The number of amides is 1. The number of fused-ring (bicyclic) bond motifs is 1. The summed E-state index contributed by atoms with van der Waals surface area (Å²) in [6.07, 6.45) is 2.27. The highest BCUT2D eigenvalue weighted by Crippen LogP contribution is 2.32. The Morgan fingerprint density at radius 2 is 2.17 bits per heavy atom. The van der Waals surface area contributed by atoms with E-state index in [1.54, 1.807) is 12.1 Å². The second-order valence-electron chi connectivity index (χ2n) is 5.12. The van der Waals surface area contributed by atoms with Crippen molar-refractivity contribution >= 4 is 5.91 Å². The molecule has 0 spiro atoms. The number of hydrogen-bond acceptors (Lipinski definition) is 6. The fraction of sp³-hybridized carbons (Fsp3) is 0.250. The predicted octanol–water partition coefficient (Wildman–Crippen LogP) is 0.480. The average Bonchev–Trinajstić information content (AvgIpc) is 3.06. The number of pyridine rings is 1. The zero-order valence-electron chi connectivity index (χ0n) is 12.9. The molecule has 1 aliphatic rings. The van der Waals surface area contributed by atoms with Crippen LogP contribution >= 0.6 is 0 Å². The van der Waals surface area contributed by atoms with Crippen LogP contribution in [0.25, 0.3) is 0 Å². The van der Waals surface area contributed by atoms with E-state index in [1.165, 1.54) is 7.11 Å². The maximum Gasteiger partial charge on any atom is 0.256 e. The zero-order valence-corrected chi connectivity index (χ0v) is 12.9. The van der Waals surface area contributed by atoms with Crippen LogP contribution in [0, 0.1) is 5.21 Å². The average molecular weight is 332 g/mol. The lowest BCUT2D eigenvalue weighted by Gasteiger charge is -2.12. The van der Waals surface area contributed by atoms with E-state index in [4.69, 9.17) is 14.2 Å². The number of methoxy groups -OCH3 is 1. The van der Waals surface area contributed by atoms with Gasteiger partial charge in [0.2, 0.25) is 13.0 Å². The van der Waals surface area contributed by atoms with Gasteiger partial charge in [-0.1, -0.05) is 6.07 Å². The van der Waals surface area contributed by atoms with Crippen LogP contribution in [0.15, 0.2) is 30.6 Å². The number of ether oxygens (including phenoxy) is 3. The maximum atomic E-state index is 12.5. The van der Waals surface area contributed by atoms with E-state index in [9.17, 15) is 15.1 Å². The quantitative estimate of drug-likeness (QED) is 0.610. The normalized spacial score (nSPS) is 12.1. The molecule has 24 heavy (non-hydrogen) atoms. The lowest BCUT2D eigenvalue weighted by atomic mass is 10.1. The van der Waals surface area contributed by atoms with Gasteiger partial charge in [0, 0.05) is 6.54 Å². The van der Waals surface area contributed by atoms with Gasteiger partial charge in [0.25, 0.3) is 5.91 Å². The minimum Gasteiger partial charge on any atom is -0.619 e. The highest BCUT2D eigenvalue weighted by Gasteiger charge is 2.21. The van der Waals surface area contributed by atoms with Crippen LogP contribution in [0.5, 0.6) is 17.2 Å². The van der Waals surface area contributed by atoms with Gasteiger partial charge in [-0.05, 0) is 17.7 Å². The third-order valence-electron chi connectivity index (χ3n) is 3.60. The summed E-state index contributed by atoms with van der Waals surface area (Å²) in [5, 5.41) is 23.6. The fourth-order valence-corrected chi connectivity index (χ4v) is 2.45. The Hall–Kier alpha value is -3.00. The van der Waals surface area contributed by atoms with Crippen molar-refractivity contribution in [1.29, 1.82) is 0 Å². The van der Waals surface area contributed by atoms with Crippen LogP contribution < -0.4 is 24.3 Å². The van der Waals surface area contributed by atoms with Gasteiger partial charge in [0.05, 0.1) is 24.8 Å². The Morgan fingerprint density at radius 3 is 2.92 bits per heavy atom. The van der Waals surface area contributed by atoms with Gasteiger partial charge < -0.3 is 29.8 Å². The van der Waals surface area contributed by atoms with Crippen LogP contribution in [0.4, 0.5) is 0 Å². The summed E-state index contributed by atoms with van der Waals surface area (Å²) in [4.78, 5) is 12.5. The van der Waals surface area contributed by atoms with Gasteiger partial charge in [-0.25, -0.2) is 0 Å². The Morgan fingerprint density at radius 1 is 1.38 bits per heavy atom. The molecule has 126 valence electrons. The first kappa shape index (κ1) is 15.9. The Labute approximate surface area is 137 Å². The molecule has 0 unspecified atom stereocenters. The van der Waals surface area contributed by atoms with Crippen LogP contribution in [-0.4, -0.2) is 24.9 Å². The minimum absolute atomic E-state index is 0.0970. The monoisotopic (exact) mass is 332 g/mol. The molecular weight excluding hydrogens is 316 g/mol. The van der Waals surface area contributed by atoms with E-state index in [0.717, 1.165) is 18.0 Å². The van der Waals surface area contributed by atoms with Crippen molar-refractivity contribution in [3.8, 4) is 17.2 Å². The van der Waals surface area contributed by atoms with E-state index in [2.05, 4.69) is 5.32 Å². The number of rotatable bonds is 5. The molecule has 2 aromatic rings. The molecule has 1 amide bonds. The first-order valence-electron chi connectivity index (χ1n) is 7.19. The molecule has 1 aliphatic heterocycles. The first-order valence-corrected chi connectivity index (χ1v) is 7.19. The molecule has 1 aromatic carbocycles. The van der Waals surface area contributed by atoms with Crippen LogP contribution in [-0.2, 0) is 13.2 Å². The Balaban J connectivity index is 1.78. The van der Waals surface area contributed by atoms with Gasteiger partial charge in [-0.2, -0.15) is 4.73 Å². The van der Waals surface area contributed by atoms with E-state index >= 15 is 0 Å². The Kier molecular flexibility index (Phi) is 4.39. The van der Waals surface area contributed by atoms with E-state index in [0.29, 0.717) is 16.2 Å². The van der Waals surface area contributed by atoms with E-state index in [1.807, 2.05) is 6.07 Å².